The van der Waals surface area contributed by atoms with Crippen LogP contribution in [0.4, 0.5) is 0 Å². The zero-order valence-corrected chi connectivity index (χ0v) is 13.1. The maximum Gasteiger partial charge on any atom is 0.240 e. The van der Waals surface area contributed by atoms with E-state index in [0.29, 0.717) is 13.1 Å². The van der Waals surface area contributed by atoms with Gasteiger partial charge >= 0.3 is 0 Å². The van der Waals surface area contributed by atoms with Gasteiger partial charge in [0, 0.05) is 46.2 Å². The van der Waals surface area contributed by atoms with Crippen LogP contribution in [-0.2, 0) is 16.1 Å². The van der Waals surface area contributed by atoms with Crippen molar-refractivity contribution in [1.82, 2.24) is 14.7 Å². The van der Waals surface area contributed by atoms with Crippen molar-refractivity contribution in [3.63, 3.8) is 0 Å². The van der Waals surface area contributed by atoms with E-state index in [0.717, 1.165) is 32.6 Å². The molecule has 2 heterocycles. The summed E-state index contributed by atoms with van der Waals surface area (Å²) in [5.41, 5.74) is 1.17. The molecule has 1 aromatic rings. The molecule has 3 rings (SSSR count). The van der Waals surface area contributed by atoms with Crippen LogP contribution in [0.25, 0.3) is 0 Å². The van der Waals surface area contributed by atoms with Crippen LogP contribution in [0.5, 0.6) is 0 Å². The van der Waals surface area contributed by atoms with Gasteiger partial charge in [0.05, 0.1) is 6.04 Å². The zero-order chi connectivity index (χ0) is 15.5. The van der Waals surface area contributed by atoms with Crippen LogP contribution in [0.2, 0.25) is 0 Å². The summed E-state index contributed by atoms with van der Waals surface area (Å²) in [5.74, 6) is 0.314. The lowest BCUT2D eigenvalue weighted by Gasteiger charge is -2.39. The van der Waals surface area contributed by atoms with Gasteiger partial charge < -0.3 is 9.80 Å². The molecule has 0 bridgehead atoms. The van der Waals surface area contributed by atoms with Crippen molar-refractivity contribution in [2.75, 3.05) is 32.7 Å². The maximum absolute atomic E-state index is 12.8. The Morgan fingerprint density at radius 1 is 1.09 bits per heavy atom. The molecule has 1 aromatic carbocycles. The summed E-state index contributed by atoms with van der Waals surface area (Å²) in [7, 11) is 0. The molecule has 1 atom stereocenters. The Morgan fingerprint density at radius 2 is 1.82 bits per heavy atom. The topological polar surface area (TPSA) is 43.9 Å². The summed E-state index contributed by atoms with van der Waals surface area (Å²) >= 11 is 0. The normalized spacial score (nSPS) is 23.1. The highest BCUT2D eigenvalue weighted by molar-refractivity contribution is 5.83. The van der Waals surface area contributed by atoms with Crippen LogP contribution >= 0.6 is 0 Å². The molecule has 0 saturated carbocycles. The van der Waals surface area contributed by atoms with Crippen molar-refractivity contribution in [1.29, 1.82) is 0 Å². The first-order valence-corrected chi connectivity index (χ1v) is 7.97. The molecule has 2 fully saturated rings. The number of amides is 2. The summed E-state index contributed by atoms with van der Waals surface area (Å²) in [6.45, 7) is 6.17. The molecule has 0 aliphatic carbocycles. The van der Waals surface area contributed by atoms with Crippen molar-refractivity contribution in [2.24, 2.45) is 0 Å². The Kier molecular flexibility index (Phi) is 4.43. The van der Waals surface area contributed by atoms with Crippen LogP contribution in [0.15, 0.2) is 30.3 Å². The minimum absolute atomic E-state index is 0.0678. The molecule has 0 spiro atoms. The molecular formula is C17H23N3O2. The van der Waals surface area contributed by atoms with Gasteiger partial charge in [0.15, 0.2) is 0 Å². The van der Waals surface area contributed by atoms with Gasteiger partial charge in [-0.25, -0.2) is 0 Å². The summed E-state index contributed by atoms with van der Waals surface area (Å²) in [4.78, 5) is 30.4. The number of rotatable bonds is 2. The molecule has 22 heavy (non-hydrogen) atoms. The molecule has 1 unspecified atom stereocenters. The minimum atomic E-state index is -0.0678. The largest absolute Gasteiger partial charge is 0.342 e. The van der Waals surface area contributed by atoms with E-state index in [1.54, 1.807) is 6.92 Å². The van der Waals surface area contributed by atoms with Gasteiger partial charge in [-0.05, 0) is 12.0 Å². The average molecular weight is 301 g/mol. The fourth-order valence-electron chi connectivity index (χ4n) is 3.37. The van der Waals surface area contributed by atoms with E-state index in [2.05, 4.69) is 17.0 Å². The fraction of sp³-hybridized carbons (Fsp3) is 0.529. The number of hydrogen-bond donors (Lipinski definition) is 0. The summed E-state index contributed by atoms with van der Waals surface area (Å²) in [6.07, 6.45) is 0.740. The lowest BCUT2D eigenvalue weighted by atomic mass is 10.1. The van der Waals surface area contributed by atoms with Crippen LogP contribution in [-0.4, -0.2) is 65.3 Å². The highest BCUT2D eigenvalue weighted by atomic mass is 16.2. The van der Waals surface area contributed by atoms with E-state index in [1.165, 1.54) is 5.56 Å². The van der Waals surface area contributed by atoms with E-state index >= 15 is 0 Å². The van der Waals surface area contributed by atoms with Crippen LogP contribution < -0.4 is 0 Å². The molecule has 2 saturated heterocycles. The van der Waals surface area contributed by atoms with E-state index in [-0.39, 0.29) is 17.9 Å². The van der Waals surface area contributed by atoms with Gasteiger partial charge in [-0.2, -0.15) is 0 Å². The molecule has 0 aromatic heterocycles. The third kappa shape index (κ3) is 3.14. The summed E-state index contributed by atoms with van der Waals surface area (Å²) < 4.78 is 0. The smallest absolute Gasteiger partial charge is 0.240 e. The first-order chi connectivity index (χ1) is 10.6. The Bertz CT molecular complexity index is 546. The van der Waals surface area contributed by atoms with Gasteiger partial charge in [-0.15, -0.1) is 0 Å². The predicted octanol–water partition coefficient (Wildman–Crippen LogP) is 0.952. The number of benzene rings is 1. The highest BCUT2D eigenvalue weighted by Gasteiger charge is 2.36. The van der Waals surface area contributed by atoms with Crippen LogP contribution in [0, 0.1) is 0 Å². The van der Waals surface area contributed by atoms with Crippen LogP contribution in [0.1, 0.15) is 18.9 Å². The third-order valence-electron chi connectivity index (χ3n) is 4.69. The Balaban J connectivity index is 1.67. The van der Waals surface area contributed by atoms with Crippen molar-refractivity contribution < 1.29 is 9.59 Å². The van der Waals surface area contributed by atoms with Gasteiger partial charge in [-0.3, -0.25) is 14.5 Å². The van der Waals surface area contributed by atoms with Gasteiger partial charge in [0.25, 0.3) is 0 Å². The van der Waals surface area contributed by atoms with E-state index in [9.17, 15) is 9.59 Å². The third-order valence-corrected chi connectivity index (χ3v) is 4.69. The second-order valence-corrected chi connectivity index (χ2v) is 6.09. The second kappa shape index (κ2) is 6.48. The monoisotopic (exact) mass is 301 g/mol. The van der Waals surface area contributed by atoms with Crippen molar-refractivity contribution in [3.8, 4) is 0 Å². The molecule has 0 radical (unpaired) electrons. The molecule has 2 amide bonds. The SMILES string of the molecule is CC(=O)N1CCC2C(=O)N(Cc3ccccc3)CCN2CC1. The number of fused-ring (bicyclic) bond motifs is 1. The summed E-state index contributed by atoms with van der Waals surface area (Å²) in [6, 6.07) is 10.1. The Labute approximate surface area is 131 Å². The Hall–Kier alpha value is -1.88. The summed E-state index contributed by atoms with van der Waals surface area (Å²) in [5, 5.41) is 0. The lowest BCUT2D eigenvalue weighted by Crippen LogP contribution is -2.56. The minimum Gasteiger partial charge on any atom is -0.342 e. The molecular weight excluding hydrogens is 278 g/mol. The number of hydrogen-bond acceptors (Lipinski definition) is 3. The van der Waals surface area contributed by atoms with Gasteiger partial charge in [-0.1, -0.05) is 30.3 Å². The molecule has 0 N–H and O–H groups in total. The number of carbonyl (C=O) groups excluding carboxylic acids is 2. The number of piperazine rings is 1. The lowest BCUT2D eigenvalue weighted by molar-refractivity contribution is -0.142. The Morgan fingerprint density at radius 3 is 2.55 bits per heavy atom. The van der Waals surface area contributed by atoms with Crippen molar-refractivity contribution in [3.05, 3.63) is 35.9 Å². The second-order valence-electron chi connectivity index (χ2n) is 6.09. The van der Waals surface area contributed by atoms with Gasteiger partial charge in [0.2, 0.25) is 11.8 Å². The number of nitrogens with zero attached hydrogens (tertiary/aromatic N) is 3. The fourth-order valence-corrected chi connectivity index (χ4v) is 3.37. The highest BCUT2D eigenvalue weighted by Crippen LogP contribution is 2.19. The standard InChI is InChI=1S/C17H23N3O2/c1-14(21)18-8-7-16-17(22)20(12-11-19(16)10-9-18)13-15-5-3-2-4-6-15/h2-6,16H,7-13H2,1H3. The average Bonchev–Trinajstić information content (AvgIpc) is 2.74. The molecule has 2 aliphatic rings. The first kappa shape index (κ1) is 15.0. The van der Waals surface area contributed by atoms with Crippen molar-refractivity contribution >= 4 is 11.8 Å². The quantitative estimate of drug-likeness (QED) is 0.817. The molecule has 5 nitrogen and oxygen atoms in total. The van der Waals surface area contributed by atoms with Crippen LogP contribution in [0.3, 0.4) is 0 Å². The first-order valence-electron chi connectivity index (χ1n) is 7.97. The molecule has 2 aliphatic heterocycles. The molecule has 118 valence electrons. The van der Waals surface area contributed by atoms with E-state index in [4.69, 9.17) is 0 Å². The van der Waals surface area contributed by atoms with Crippen molar-refractivity contribution in [2.45, 2.75) is 25.9 Å². The van der Waals surface area contributed by atoms with E-state index in [1.807, 2.05) is 28.0 Å². The predicted molar refractivity (Wildman–Crippen MR) is 84.1 cm³/mol. The van der Waals surface area contributed by atoms with E-state index < -0.39 is 0 Å². The zero-order valence-electron chi connectivity index (χ0n) is 13.1. The maximum atomic E-state index is 12.8. The van der Waals surface area contributed by atoms with Gasteiger partial charge in [0.1, 0.15) is 0 Å². The molecule has 5 heteroatoms. The number of carbonyl (C=O) groups is 2.